The zero-order valence-electron chi connectivity index (χ0n) is 10.3. The van der Waals surface area contributed by atoms with Crippen LogP contribution in [0.25, 0.3) is 0 Å². The Labute approximate surface area is 99.0 Å². The normalized spacial score (nSPS) is 20.9. The molecule has 0 amide bonds. The van der Waals surface area contributed by atoms with Crippen LogP contribution in [0.1, 0.15) is 51.0 Å². The van der Waals surface area contributed by atoms with Gasteiger partial charge in [0.2, 0.25) is 0 Å². The molecule has 1 atom stereocenters. The first kappa shape index (κ1) is 11.7. The number of nitrogens with two attached hydrogens (primary N) is 1. The van der Waals surface area contributed by atoms with Crippen molar-refractivity contribution >= 4 is 0 Å². The molecule has 0 aromatic heterocycles. The Kier molecular flexibility index (Phi) is 3.65. The molecule has 2 rings (SSSR count). The van der Waals surface area contributed by atoms with Crippen molar-refractivity contribution < 1.29 is 0 Å². The van der Waals surface area contributed by atoms with Crippen LogP contribution in [-0.4, -0.2) is 6.04 Å². The summed E-state index contributed by atoms with van der Waals surface area (Å²) in [6.07, 6.45) is 7.87. The summed E-state index contributed by atoms with van der Waals surface area (Å²) in [7, 11) is 0. The third-order valence-corrected chi connectivity index (χ3v) is 4.03. The Bertz CT molecular complexity index is 309. The molecule has 0 heterocycles. The fraction of sp³-hybridized carbons (Fsp3) is 0.600. The molecule has 0 spiro atoms. The Hall–Kier alpha value is -0.820. The van der Waals surface area contributed by atoms with E-state index >= 15 is 0 Å². The zero-order chi connectivity index (χ0) is 11.4. The Morgan fingerprint density at radius 2 is 1.81 bits per heavy atom. The predicted molar refractivity (Wildman–Crippen MR) is 69.5 cm³/mol. The van der Waals surface area contributed by atoms with Crippen molar-refractivity contribution in [3.8, 4) is 0 Å². The van der Waals surface area contributed by atoms with Crippen LogP contribution < -0.4 is 5.73 Å². The predicted octanol–water partition coefficient (Wildman–Crippen LogP) is 3.63. The van der Waals surface area contributed by atoms with Gasteiger partial charge in [-0.2, -0.15) is 0 Å². The number of hydrogen-bond donors (Lipinski definition) is 1. The molecule has 0 bridgehead atoms. The van der Waals surface area contributed by atoms with Crippen molar-refractivity contribution in [1.29, 1.82) is 0 Å². The van der Waals surface area contributed by atoms with E-state index in [1.54, 1.807) is 0 Å². The molecule has 1 heteroatoms. The van der Waals surface area contributed by atoms with Gasteiger partial charge in [-0.1, -0.05) is 43.2 Å². The molecular formula is C15H23N. The summed E-state index contributed by atoms with van der Waals surface area (Å²) in [5.74, 6) is 0. The first-order valence-electron chi connectivity index (χ1n) is 6.54. The smallest absolute Gasteiger partial charge is 0.00108 e. The highest BCUT2D eigenvalue weighted by atomic mass is 14.6. The molecule has 1 aromatic carbocycles. The van der Waals surface area contributed by atoms with Crippen LogP contribution in [0.2, 0.25) is 0 Å². The maximum atomic E-state index is 5.91. The molecule has 0 aliphatic heterocycles. The van der Waals surface area contributed by atoms with Crippen LogP contribution in [0.5, 0.6) is 0 Å². The monoisotopic (exact) mass is 217 g/mol. The summed E-state index contributed by atoms with van der Waals surface area (Å²) in [5, 5.41) is 0. The second kappa shape index (κ2) is 5.01. The van der Waals surface area contributed by atoms with Gasteiger partial charge in [0.15, 0.2) is 0 Å². The van der Waals surface area contributed by atoms with Gasteiger partial charge in [0, 0.05) is 6.04 Å². The molecule has 1 saturated carbocycles. The third-order valence-electron chi connectivity index (χ3n) is 4.03. The van der Waals surface area contributed by atoms with Crippen molar-refractivity contribution in [3.63, 3.8) is 0 Å². The second-order valence-electron chi connectivity index (χ2n) is 5.37. The van der Waals surface area contributed by atoms with Gasteiger partial charge in [-0.3, -0.25) is 0 Å². The SMILES string of the molecule is CC(N)CCC1(c2ccccc2)CCCC1. The van der Waals surface area contributed by atoms with Crippen LogP contribution in [0.4, 0.5) is 0 Å². The summed E-state index contributed by atoms with van der Waals surface area (Å²) >= 11 is 0. The molecule has 1 aliphatic rings. The summed E-state index contributed by atoms with van der Waals surface area (Å²) in [4.78, 5) is 0. The molecule has 0 radical (unpaired) electrons. The number of rotatable bonds is 4. The minimum Gasteiger partial charge on any atom is -0.328 e. The third kappa shape index (κ3) is 2.46. The van der Waals surface area contributed by atoms with Crippen molar-refractivity contribution in [2.45, 2.75) is 56.9 Å². The fourth-order valence-corrected chi connectivity index (χ4v) is 3.03. The van der Waals surface area contributed by atoms with Gasteiger partial charge in [0.1, 0.15) is 0 Å². The maximum Gasteiger partial charge on any atom is 0.00108 e. The van der Waals surface area contributed by atoms with Crippen LogP contribution in [-0.2, 0) is 5.41 Å². The lowest BCUT2D eigenvalue weighted by Crippen LogP contribution is -2.26. The van der Waals surface area contributed by atoms with Crippen LogP contribution >= 0.6 is 0 Å². The van der Waals surface area contributed by atoms with E-state index in [0.29, 0.717) is 11.5 Å². The maximum absolute atomic E-state index is 5.91. The highest BCUT2D eigenvalue weighted by Crippen LogP contribution is 2.44. The molecule has 2 N–H and O–H groups in total. The van der Waals surface area contributed by atoms with E-state index in [9.17, 15) is 0 Å². The van der Waals surface area contributed by atoms with E-state index in [1.807, 2.05) is 0 Å². The largest absolute Gasteiger partial charge is 0.328 e. The van der Waals surface area contributed by atoms with E-state index < -0.39 is 0 Å². The summed E-state index contributed by atoms with van der Waals surface area (Å²) in [6.45, 7) is 2.12. The molecule has 1 nitrogen and oxygen atoms in total. The highest BCUT2D eigenvalue weighted by molar-refractivity contribution is 5.26. The topological polar surface area (TPSA) is 26.0 Å². The van der Waals surface area contributed by atoms with Gasteiger partial charge in [-0.25, -0.2) is 0 Å². The Balaban J connectivity index is 2.16. The fourth-order valence-electron chi connectivity index (χ4n) is 3.03. The highest BCUT2D eigenvalue weighted by Gasteiger charge is 2.34. The Morgan fingerprint density at radius 3 is 2.38 bits per heavy atom. The lowest BCUT2D eigenvalue weighted by Gasteiger charge is -2.30. The summed E-state index contributed by atoms with van der Waals surface area (Å²) in [6, 6.07) is 11.4. The average Bonchev–Trinajstić information content (AvgIpc) is 2.78. The van der Waals surface area contributed by atoms with E-state index in [0.717, 1.165) is 6.42 Å². The quantitative estimate of drug-likeness (QED) is 0.819. The Morgan fingerprint density at radius 1 is 1.19 bits per heavy atom. The summed E-state index contributed by atoms with van der Waals surface area (Å²) in [5.41, 5.74) is 7.88. The molecule has 16 heavy (non-hydrogen) atoms. The van der Waals surface area contributed by atoms with Gasteiger partial charge >= 0.3 is 0 Å². The van der Waals surface area contributed by atoms with Crippen LogP contribution in [0.3, 0.4) is 0 Å². The van der Waals surface area contributed by atoms with Gasteiger partial charge < -0.3 is 5.73 Å². The van der Waals surface area contributed by atoms with Crippen molar-refractivity contribution in [3.05, 3.63) is 35.9 Å². The van der Waals surface area contributed by atoms with Gasteiger partial charge in [-0.15, -0.1) is 0 Å². The van der Waals surface area contributed by atoms with Gasteiger partial charge in [0.25, 0.3) is 0 Å². The molecule has 1 fully saturated rings. The molecule has 0 saturated heterocycles. The first-order valence-corrected chi connectivity index (χ1v) is 6.54. The molecule has 88 valence electrons. The molecule has 1 unspecified atom stereocenters. The number of benzene rings is 1. The van der Waals surface area contributed by atoms with E-state index in [4.69, 9.17) is 5.73 Å². The zero-order valence-corrected chi connectivity index (χ0v) is 10.3. The van der Waals surface area contributed by atoms with Gasteiger partial charge in [-0.05, 0) is 43.6 Å². The summed E-state index contributed by atoms with van der Waals surface area (Å²) < 4.78 is 0. The van der Waals surface area contributed by atoms with Crippen molar-refractivity contribution in [2.75, 3.05) is 0 Å². The van der Waals surface area contributed by atoms with Crippen LogP contribution in [0.15, 0.2) is 30.3 Å². The molecular weight excluding hydrogens is 194 g/mol. The number of hydrogen-bond acceptors (Lipinski definition) is 1. The lowest BCUT2D eigenvalue weighted by atomic mass is 9.75. The minimum absolute atomic E-state index is 0.334. The van der Waals surface area contributed by atoms with Gasteiger partial charge in [0.05, 0.1) is 0 Å². The van der Waals surface area contributed by atoms with E-state index in [1.165, 1.54) is 37.7 Å². The standard InChI is InChI=1S/C15H23N/c1-13(16)9-12-15(10-5-6-11-15)14-7-3-2-4-8-14/h2-4,7-8,13H,5-6,9-12,16H2,1H3. The van der Waals surface area contributed by atoms with Crippen LogP contribution in [0, 0.1) is 0 Å². The minimum atomic E-state index is 0.334. The van der Waals surface area contributed by atoms with E-state index in [-0.39, 0.29) is 0 Å². The molecule has 1 aromatic rings. The van der Waals surface area contributed by atoms with Crippen molar-refractivity contribution in [1.82, 2.24) is 0 Å². The first-order chi connectivity index (χ1) is 7.73. The second-order valence-corrected chi connectivity index (χ2v) is 5.37. The molecule has 1 aliphatic carbocycles. The lowest BCUT2D eigenvalue weighted by molar-refractivity contribution is 0.379. The van der Waals surface area contributed by atoms with Crippen molar-refractivity contribution in [2.24, 2.45) is 5.73 Å². The van der Waals surface area contributed by atoms with E-state index in [2.05, 4.69) is 37.3 Å². The average molecular weight is 217 g/mol.